The number of aryl methyl sites for hydroxylation is 1. The van der Waals surface area contributed by atoms with E-state index in [4.69, 9.17) is 9.15 Å². The van der Waals surface area contributed by atoms with Gasteiger partial charge in [0.05, 0.1) is 12.8 Å². The van der Waals surface area contributed by atoms with Gasteiger partial charge < -0.3 is 9.15 Å². The fourth-order valence-electron chi connectivity index (χ4n) is 1.05. The molecule has 0 N–H and O–H groups in total. The predicted octanol–water partition coefficient (Wildman–Crippen LogP) is 3.22. The van der Waals surface area contributed by atoms with E-state index < -0.39 is 5.97 Å². The van der Waals surface area contributed by atoms with Gasteiger partial charge >= 0.3 is 5.97 Å². The number of unbranched alkanes of at least 4 members (excludes halogenated alkanes) is 1. The van der Waals surface area contributed by atoms with E-state index in [0.29, 0.717) is 12.5 Å². The maximum absolute atomic E-state index is 11.2. The van der Waals surface area contributed by atoms with Crippen molar-refractivity contribution in [3.8, 4) is 0 Å². The van der Waals surface area contributed by atoms with Gasteiger partial charge in [-0.25, -0.2) is 9.78 Å². The summed E-state index contributed by atoms with van der Waals surface area (Å²) in [6.45, 7) is 8.20. The number of carbonyl (C=O) groups excluding carboxylic acids is 1. The fraction of sp³-hybridized carbons (Fsp3) is 0.667. The van der Waals surface area contributed by atoms with Gasteiger partial charge in [0.1, 0.15) is 0 Å². The van der Waals surface area contributed by atoms with Crippen molar-refractivity contribution in [2.24, 2.45) is 0 Å². The Balaban J connectivity index is 0.00000106. The summed E-state index contributed by atoms with van der Waals surface area (Å²) < 4.78 is 9.99. The van der Waals surface area contributed by atoms with Crippen molar-refractivity contribution in [2.45, 2.75) is 47.0 Å². The molecule has 0 amide bonds. The van der Waals surface area contributed by atoms with Crippen molar-refractivity contribution in [3.05, 3.63) is 17.8 Å². The van der Waals surface area contributed by atoms with Gasteiger partial charge in [-0.3, -0.25) is 0 Å². The fourth-order valence-corrected chi connectivity index (χ4v) is 1.05. The second-order valence-electron chi connectivity index (χ2n) is 2.94. The number of rotatable bonds is 5. The van der Waals surface area contributed by atoms with Crippen LogP contribution in [0.3, 0.4) is 0 Å². The summed E-state index contributed by atoms with van der Waals surface area (Å²) in [4.78, 5) is 15.2. The molecule has 0 bridgehead atoms. The second-order valence-corrected chi connectivity index (χ2v) is 2.94. The minimum atomic E-state index is -0.442. The molecule has 0 fully saturated rings. The normalized spacial score (nSPS) is 9.25. The zero-order valence-corrected chi connectivity index (χ0v) is 10.6. The van der Waals surface area contributed by atoms with Gasteiger partial charge in [-0.2, -0.15) is 0 Å². The summed E-state index contributed by atoms with van der Waals surface area (Å²) in [5.41, 5.74) is 0. The summed E-state index contributed by atoms with van der Waals surface area (Å²) in [7, 11) is 0. The van der Waals surface area contributed by atoms with Crippen LogP contribution in [-0.2, 0) is 11.2 Å². The van der Waals surface area contributed by atoms with Crippen LogP contribution in [0.15, 0.2) is 10.6 Å². The number of ether oxygens (including phenoxy) is 1. The molecular weight excluding hydrogens is 206 g/mol. The molecule has 0 spiro atoms. The first-order valence-electron chi connectivity index (χ1n) is 5.89. The Labute approximate surface area is 97.0 Å². The minimum Gasteiger partial charge on any atom is -0.460 e. The lowest BCUT2D eigenvalue weighted by Gasteiger charge is -1.96. The van der Waals surface area contributed by atoms with Crippen LogP contribution in [0.4, 0.5) is 0 Å². The number of hydrogen-bond donors (Lipinski definition) is 0. The molecule has 92 valence electrons. The van der Waals surface area contributed by atoms with Crippen molar-refractivity contribution in [1.82, 2.24) is 4.98 Å². The molecule has 0 aliphatic rings. The molecular formula is C12H21NO3. The lowest BCUT2D eigenvalue weighted by atomic mass is 10.2. The van der Waals surface area contributed by atoms with Crippen LogP contribution in [0.25, 0.3) is 0 Å². The number of hydrogen-bond acceptors (Lipinski definition) is 4. The zero-order chi connectivity index (χ0) is 12.4. The van der Waals surface area contributed by atoms with Gasteiger partial charge in [0.25, 0.3) is 0 Å². The van der Waals surface area contributed by atoms with E-state index >= 15 is 0 Å². The maximum atomic E-state index is 11.2. The quantitative estimate of drug-likeness (QED) is 0.725. The van der Waals surface area contributed by atoms with E-state index in [9.17, 15) is 4.79 Å². The van der Waals surface area contributed by atoms with Gasteiger partial charge in [0.15, 0.2) is 5.89 Å². The van der Waals surface area contributed by atoms with E-state index in [-0.39, 0.29) is 5.76 Å². The third-order valence-electron chi connectivity index (χ3n) is 1.77. The predicted molar refractivity (Wildman–Crippen MR) is 62.4 cm³/mol. The Bertz CT molecular complexity index is 294. The second kappa shape index (κ2) is 8.95. The zero-order valence-electron chi connectivity index (χ0n) is 10.6. The first kappa shape index (κ1) is 14.7. The average molecular weight is 227 g/mol. The first-order valence-corrected chi connectivity index (χ1v) is 5.89. The molecule has 0 saturated heterocycles. The van der Waals surface area contributed by atoms with Crippen LogP contribution in [-0.4, -0.2) is 17.6 Å². The van der Waals surface area contributed by atoms with E-state index in [0.717, 1.165) is 19.3 Å². The Morgan fingerprint density at radius 1 is 1.44 bits per heavy atom. The van der Waals surface area contributed by atoms with Crippen LogP contribution in [0, 0.1) is 0 Å². The van der Waals surface area contributed by atoms with Gasteiger partial charge in [-0.05, 0) is 13.3 Å². The molecule has 0 atom stereocenters. The largest absolute Gasteiger partial charge is 0.460 e. The van der Waals surface area contributed by atoms with E-state index in [1.54, 1.807) is 6.92 Å². The molecule has 0 aliphatic carbocycles. The third-order valence-corrected chi connectivity index (χ3v) is 1.77. The molecule has 0 radical (unpaired) electrons. The first-order chi connectivity index (χ1) is 7.77. The van der Waals surface area contributed by atoms with Crippen LogP contribution in [0.2, 0.25) is 0 Å². The molecule has 0 aliphatic heterocycles. The molecule has 0 saturated carbocycles. The minimum absolute atomic E-state index is 0.193. The van der Waals surface area contributed by atoms with Crippen molar-refractivity contribution in [2.75, 3.05) is 6.61 Å². The molecule has 4 heteroatoms. The average Bonchev–Trinajstić information content (AvgIpc) is 2.78. The Hall–Kier alpha value is -1.32. The number of aromatic nitrogens is 1. The molecule has 0 unspecified atom stereocenters. The summed E-state index contributed by atoms with van der Waals surface area (Å²) in [6.07, 6.45) is 4.29. The smallest absolute Gasteiger partial charge is 0.375 e. The molecule has 1 aromatic heterocycles. The summed E-state index contributed by atoms with van der Waals surface area (Å²) >= 11 is 0. The monoisotopic (exact) mass is 227 g/mol. The van der Waals surface area contributed by atoms with Gasteiger partial charge in [-0.1, -0.05) is 27.2 Å². The van der Waals surface area contributed by atoms with E-state index in [1.807, 2.05) is 13.8 Å². The van der Waals surface area contributed by atoms with Crippen molar-refractivity contribution in [1.29, 1.82) is 0 Å². The van der Waals surface area contributed by atoms with Crippen molar-refractivity contribution in [3.63, 3.8) is 0 Å². The molecule has 0 aromatic carbocycles. The van der Waals surface area contributed by atoms with Crippen molar-refractivity contribution >= 4 is 5.97 Å². The van der Waals surface area contributed by atoms with Crippen LogP contribution in [0.1, 0.15) is 57.0 Å². The Morgan fingerprint density at radius 3 is 2.69 bits per heavy atom. The highest BCUT2D eigenvalue weighted by Crippen LogP contribution is 2.08. The number of esters is 1. The number of oxazole rings is 1. The molecule has 1 rings (SSSR count). The van der Waals surface area contributed by atoms with Crippen LogP contribution in [0.5, 0.6) is 0 Å². The summed E-state index contributed by atoms with van der Waals surface area (Å²) in [6, 6.07) is 0. The summed E-state index contributed by atoms with van der Waals surface area (Å²) in [5, 5.41) is 0. The lowest BCUT2D eigenvalue weighted by Crippen LogP contribution is -2.02. The molecule has 1 heterocycles. The van der Waals surface area contributed by atoms with Crippen molar-refractivity contribution < 1.29 is 13.9 Å². The standard InChI is InChI=1S/C10H15NO3.C2H6/c1-3-5-6-9-11-7-8(14-9)10(12)13-4-2;1-2/h7H,3-6H2,1-2H3;1-2H3. The number of nitrogens with zero attached hydrogens (tertiary/aromatic N) is 1. The Morgan fingerprint density at radius 2 is 2.12 bits per heavy atom. The third kappa shape index (κ3) is 4.96. The molecule has 4 nitrogen and oxygen atoms in total. The van der Waals surface area contributed by atoms with Crippen LogP contribution >= 0.6 is 0 Å². The SMILES string of the molecule is CC.CCCCc1ncc(C(=O)OCC)o1. The summed E-state index contributed by atoms with van der Waals surface area (Å²) in [5.74, 6) is 0.357. The molecule has 1 aromatic rings. The van der Waals surface area contributed by atoms with Gasteiger partial charge in [0.2, 0.25) is 5.76 Å². The highest BCUT2D eigenvalue weighted by molar-refractivity contribution is 5.85. The lowest BCUT2D eigenvalue weighted by molar-refractivity contribution is 0.0488. The van der Waals surface area contributed by atoms with Crippen LogP contribution < -0.4 is 0 Å². The highest BCUT2D eigenvalue weighted by atomic mass is 16.5. The molecule has 16 heavy (non-hydrogen) atoms. The highest BCUT2D eigenvalue weighted by Gasteiger charge is 2.12. The van der Waals surface area contributed by atoms with Gasteiger partial charge in [-0.15, -0.1) is 0 Å². The Kier molecular flexibility index (Phi) is 8.21. The van der Waals surface area contributed by atoms with Gasteiger partial charge in [0, 0.05) is 6.42 Å². The number of carbonyl (C=O) groups is 1. The van der Waals surface area contributed by atoms with E-state index in [2.05, 4.69) is 11.9 Å². The maximum Gasteiger partial charge on any atom is 0.375 e. The van der Waals surface area contributed by atoms with E-state index in [1.165, 1.54) is 6.20 Å². The topological polar surface area (TPSA) is 52.3 Å².